The number of benzene rings is 2. The van der Waals surface area contributed by atoms with E-state index in [1.807, 2.05) is 12.1 Å². The summed E-state index contributed by atoms with van der Waals surface area (Å²) in [5.74, 6) is 2.86. The van der Waals surface area contributed by atoms with E-state index in [9.17, 15) is 24.9 Å². The Morgan fingerprint density at radius 1 is 0.800 bits per heavy atom. The number of methoxy groups -OCH3 is 1. The zero-order chi connectivity index (χ0) is 33.0. The van der Waals surface area contributed by atoms with Crippen molar-refractivity contribution < 1.29 is 39.1 Å². The van der Waals surface area contributed by atoms with Crippen LogP contribution in [0.3, 0.4) is 0 Å². The van der Waals surface area contributed by atoms with Crippen LogP contribution >= 0.6 is 24.8 Å². The Morgan fingerprint density at radius 2 is 1.36 bits per heavy atom. The maximum absolute atomic E-state index is 12.7. The van der Waals surface area contributed by atoms with Crippen molar-refractivity contribution in [3.05, 3.63) is 46.5 Å². The van der Waals surface area contributed by atoms with Gasteiger partial charge in [-0.2, -0.15) is 0 Å². The van der Waals surface area contributed by atoms with Crippen LogP contribution in [-0.4, -0.2) is 106 Å². The molecule has 3 saturated carbocycles. The Hall–Kier alpha value is -2.60. The van der Waals surface area contributed by atoms with Crippen molar-refractivity contribution in [3.8, 4) is 23.0 Å². The molecule has 5 aliphatic carbocycles. The van der Waals surface area contributed by atoms with Gasteiger partial charge in [0.2, 0.25) is 0 Å². The van der Waals surface area contributed by atoms with Crippen molar-refractivity contribution in [1.29, 1.82) is 0 Å². The van der Waals surface area contributed by atoms with Crippen LogP contribution in [0.2, 0.25) is 0 Å². The summed E-state index contributed by atoms with van der Waals surface area (Å²) in [7, 11) is 3.70. The molecule has 270 valence electrons. The molecule has 8 atom stereocenters. The van der Waals surface area contributed by atoms with Crippen molar-refractivity contribution in [2.45, 2.75) is 111 Å². The lowest BCUT2D eigenvalue weighted by atomic mass is 9.49. The van der Waals surface area contributed by atoms with Crippen LogP contribution in [-0.2, 0) is 33.3 Å². The van der Waals surface area contributed by atoms with Gasteiger partial charge in [0.15, 0.2) is 46.8 Å². The molecule has 4 aliphatic heterocycles. The molecule has 0 amide bonds. The zero-order valence-electron chi connectivity index (χ0n) is 28.5. The Labute approximate surface area is 304 Å². The fourth-order valence-corrected chi connectivity index (χ4v) is 11.9. The summed E-state index contributed by atoms with van der Waals surface area (Å²) in [6.07, 6.45) is 6.22. The number of Topliss-reactive ketones (excluding diaryl/α,β-unsaturated/α-hetero) is 2. The molecule has 9 aliphatic rings. The van der Waals surface area contributed by atoms with Crippen LogP contribution in [0.15, 0.2) is 24.3 Å². The second kappa shape index (κ2) is 11.2. The number of hydrogen-bond donors (Lipinski definition) is 3. The first-order chi connectivity index (χ1) is 23.1. The molecule has 2 aromatic carbocycles. The van der Waals surface area contributed by atoms with E-state index in [0.29, 0.717) is 42.9 Å². The van der Waals surface area contributed by atoms with Gasteiger partial charge in [0, 0.05) is 42.6 Å². The van der Waals surface area contributed by atoms with Gasteiger partial charge in [-0.1, -0.05) is 12.1 Å². The second-order valence-electron chi connectivity index (χ2n) is 16.2. The summed E-state index contributed by atoms with van der Waals surface area (Å²) < 4.78 is 17.7. The second-order valence-corrected chi connectivity index (χ2v) is 16.2. The highest BCUT2D eigenvalue weighted by Gasteiger charge is 2.74. The van der Waals surface area contributed by atoms with Crippen LogP contribution in [0.5, 0.6) is 23.0 Å². The van der Waals surface area contributed by atoms with E-state index in [2.05, 4.69) is 22.9 Å². The Kier molecular flexibility index (Phi) is 7.73. The molecule has 50 heavy (non-hydrogen) atoms. The number of nitrogens with zero attached hydrogens (tertiary/aromatic N) is 2. The number of hydrogen-bond acceptors (Lipinski definition) is 10. The Balaban J connectivity index is 0.000000139. The number of phenols is 1. The van der Waals surface area contributed by atoms with Crippen molar-refractivity contribution in [2.24, 2.45) is 5.92 Å². The first kappa shape index (κ1) is 34.5. The minimum atomic E-state index is -0.940. The number of ketones is 2. The first-order valence-electron chi connectivity index (χ1n) is 17.9. The molecule has 12 heteroatoms. The van der Waals surface area contributed by atoms with Gasteiger partial charge in [-0.25, -0.2) is 0 Å². The molecule has 2 saturated heterocycles. The van der Waals surface area contributed by atoms with E-state index in [1.54, 1.807) is 13.2 Å². The number of carbonyl (C=O) groups is 2. The number of rotatable bonds is 3. The van der Waals surface area contributed by atoms with Gasteiger partial charge in [0.05, 0.1) is 29.1 Å². The smallest absolute Gasteiger partial charge is 0.174 e. The van der Waals surface area contributed by atoms with Gasteiger partial charge in [-0.3, -0.25) is 14.5 Å². The van der Waals surface area contributed by atoms with E-state index in [4.69, 9.17) is 14.2 Å². The average molecular weight is 730 g/mol. The molecule has 5 fully saturated rings. The maximum Gasteiger partial charge on any atom is 0.174 e. The van der Waals surface area contributed by atoms with E-state index in [0.717, 1.165) is 67.9 Å². The number of likely N-dealkylation sites (tertiary alicyclic amines) is 2. The number of aromatic hydroxyl groups is 1. The van der Waals surface area contributed by atoms with E-state index < -0.39 is 34.2 Å². The molecule has 10 nitrogen and oxygen atoms in total. The standard InChI is InChI=1S/C20H23NO4.C18H21NO4.2ClH/c22-13-4-3-12-9-15-20(24)6-5-14(23)18-19(20,16(12)17(13)25-18)7-8-21(15)10-11-1-2-11;1-19-8-7-17-14-10-3-4-12(22-2)15(14)23-16(17)11(20)5-6-18(17,21)13(19)9-10;;/h3-4,11,15,18,22,24H,1-2,5-10H2;3-4,13,16,21H,5-9H2,1-2H3;2*1H/t15-,18+,19+,20-;13-,16+,17+,18-;;/m11../s1. The minimum Gasteiger partial charge on any atom is -0.504 e. The molecule has 3 N–H and O–H groups in total. The highest BCUT2D eigenvalue weighted by molar-refractivity contribution is 5.91. The quantitative estimate of drug-likeness (QED) is 0.433. The molecule has 4 bridgehead atoms. The lowest BCUT2D eigenvalue weighted by Gasteiger charge is -2.62. The monoisotopic (exact) mass is 728 g/mol. The Bertz CT molecular complexity index is 1800. The van der Waals surface area contributed by atoms with E-state index in [-0.39, 0.29) is 54.2 Å². The molecular weight excluding hydrogens is 683 g/mol. The fourth-order valence-electron chi connectivity index (χ4n) is 11.9. The lowest BCUT2D eigenvalue weighted by Crippen LogP contribution is -2.76. The predicted molar refractivity (Wildman–Crippen MR) is 187 cm³/mol. The van der Waals surface area contributed by atoms with Crippen LogP contribution in [0, 0.1) is 5.92 Å². The van der Waals surface area contributed by atoms with Gasteiger partial charge >= 0.3 is 0 Å². The lowest BCUT2D eigenvalue weighted by molar-refractivity contribution is -0.188. The number of halogens is 2. The van der Waals surface area contributed by atoms with Gasteiger partial charge in [-0.05, 0) is 101 Å². The topological polar surface area (TPSA) is 129 Å². The molecular formula is C38H46Cl2N2O8. The van der Waals surface area contributed by atoms with Crippen LogP contribution in [0.25, 0.3) is 0 Å². The van der Waals surface area contributed by atoms with Crippen molar-refractivity contribution in [2.75, 3.05) is 33.8 Å². The summed E-state index contributed by atoms with van der Waals surface area (Å²) in [6, 6.07) is 7.74. The Morgan fingerprint density at radius 3 is 2.00 bits per heavy atom. The van der Waals surface area contributed by atoms with Crippen molar-refractivity contribution in [3.63, 3.8) is 0 Å². The minimum absolute atomic E-state index is 0. The molecule has 0 aromatic heterocycles. The third kappa shape index (κ3) is 3.96. The summed E-state index contributed by atoms with van der Waals surface area (Å²) in [5.41, 5.74) is 1.19. The fraction of sp³-hybridized carbons (Fsp3) is 0.632. The molecule has 2 aromatic rings. The van der Waals surface area contributed by atoms with Crippen molar-refractivity contribution in [1.82, 2.24) is 9.80 Å². The van der Waals surface area contributed by atoms with Crippen molar-refractivity contribution >= 4 is 36.4 Å². The summed E-state index contributed by atoms with van der Waals surface area (Å²) in [4.78, 5) is 30.1. The number of carbonyl (C=O) groups excluding carboxylic acids is 2. The van der Waals surface area contributed by atoms with Crippen LogP contribution in [0.1, 0.15) is 73.6 Å². The summed E-state index contributed by atoms with van der Waals surface area (Å²) >= 11 is 0. The van der Waals surface area contributed by atoms with Gasteiger partial charge in [0.1, 0.15) is 0 Å². The van der Waals surface area contributed by atoms with Gasteiger partial charge < -0.3 is 34.4 Å². The zero-order valence-corrected chi connectivity index (χ0v) is 30.1. The highest BCUT2D eigenvalue weighted by atomic mass is 35.5. The molecule has 0 unspecified atom stereocenters. The van der Waals surface area contributed by atoms with Crippen LogP contribution in [0.4, 0.5) is 0 Å². The largest absolute Gasteiger partial charge is 0.504 e. The first-order valence-corrected chi connectivity index (χ1v) is 17.9. The molecule has 11 rings (SSSR count). The number of aliphatic hydroxyl groups is 2. The van der Waals surface area contributed by atoms with Crippen LogP contribution < -0.4 is 14.2 Å². The van der Waals surface area contributed by atoms with E-state index in [1.165, 1.54) is 18.4 Å². The normalized spacial score (nSPS) is 39.4. The summed E-state index contributed by atoms with van der Waals surface area (Å²) in [6.45, 7) is 2.82. The van der Waals surface area contributed by atoms with E-state index >= 15 is 0 Å². The molecule has 2 spiro atoms. The molecule has 4 heterocycles. The third-order valence-electron chi connectivity index (χ3n) is 14.3. The number of phenolic OH excluding ortho intramolecular Hbond substituents is 1. The summed E-state index contributed by atoms with van der Waals surface area (Å²) in [5, 5.41) is 34.0. The number of piperidine rings is 2. The highest BCUT2D eigenvalue weighted by Crippen LogP contribution is 2.66. The molecule has 0 radical (unpaired) electrons. The van der Waals surface area contributed by atoms with Gasteiger partial charge in [-0.15, -0.1) is 24.8 Å². The number of ether oxygens (including phenoxy) is 3. The van der Waals surface area contributed by atoms with Gasteiger partial charge in [0.25, 0.3) is 0 Å². The SMILES string of the molecule is COc1ccc2c3c1O[C@H]1C(=O)CC[C@@]4(O)[C@@H](C2)N(C)CC[C@]314.Cl.Cl.O=C1CC[C@@]2(O)[C@H]3Cc4ccc(O)c5c4[C@@]2(CCN3CC2CC2)[C@H]1O5. The average Bonchev–Trinajstić information content (AvgIpc) is 3.70. The predicted octanol–water partition coefficient (Wildman–Crippen LogP) is 3.42. The maximum atomic E-state index is 12.7. The number of likely N-dealkylation sites (N-methyl/N-ethyl adjacent to an activating group) is 1. The third-order valence-corrected chi connectivity index (χ3v) is 14.3.